The first kappa shape index (κ1) is 16.0. The number of carbonyl (C=O) groups is 1. The van der Waals surface area contributed by atoms with Gasteiger partial charge in [-0.15, -0.1) is 0 Å². The second-order valence-corrected chi connectivity index (χ2v) is 6.12. The molecule has 1 heterocycles. The molecule has 0 aromatic heterocycles. The van der Waals surface area contributed by atoms with Gasteiger partial charge in [-0.3, -0.25) is 9.69 Å². The van der Waals surface area contributed by atoms with Crippen LogP contribution in [-0.2, 0) is 4.79 Å². The lowest BCUT2D eigenvalue weighted by Gasteiger charge is -2.27. The van der Waals surface area contributed by atoms with Gasteiger partial charge >= 0.3 is 0 Å². The van der Waals surface area contributed by atoms with E-state index in [1.54, 1.807) is 0 Å². The zero-order valence-electron chi connectivity index (χ0n) is 13.2. The molecule has 1 aliphatic rings. The summed E-state index contributed by atoms with van der Waals surface area (Å²) < 4.78 is 0. The predicted molar refractivity (Wildman–Crippen MR) is 83.9 cm³/mol. The Bertz CT molecular complexity index is 461. The van der Waals surface area contributed by atoms with Gasteiger partial charge in [-0.1, -0.05) is 30.3 Å². The summed E-state index contributed by atoms with van der Waals surface area (Å²) in [6, 6.07) is 10.2. The molecule has 0 saturated carbocycles. The fraction of sp³-hybridized carbons (Fsp3) is 0.588. The Balaban J connectivity index is 1.89. The van der Waals surface area contributed by atoms with Crippen molar-refractivity contribution >= 4 is 5.91 Å². The number of aliphatic hydroxyl groups is 1. The molecular formula is C17H26N2O2. The number of rotatable bonds is 5. The smallest absolute Gasteiger partial charge is 0.236 e. The summed E-state index contributed by atoms with van der Waals surface area (Å²) in [5, 5.41) is 9.63. The molecule has 2 rings (SSSR count). The third-order valence-corrected chi connectivity index (χ3v) is 4.61. The van der Waals surface area contributed by atoms with Crippen LogP contribution in [0.1, 0.15) is 31.9 Å². The van der Waals surface area contributed by atoms with Crippen LogP contribution in [0.4, 0.5) is 0 Å². The Hall–Kier alpha value is -1.39. The average molecular weight is 290 g/mol. The van der Waals surface area contributed by atoms with Crippen molar-refractivity contribution in [3.63, 3.8) is 0 Å². The number of hydrogen-bond donors (Lipinski definition) is 1. The molecule has 4 nitrogen and oxygen atoms in total. The van der Waals surface area contributed by atoms with E-state index in [9.17, 15) is 9.90 Å². The summed E-state index contributed by atoms with van der Waals surface area (Å²) in [4.78, 5) is 16.4. The van der Waals surface area contributed by atoms with Gasteiger partial charge in [0.1, 0.15) is 0 Å². The summed E-state index contributed by atoms with van der Waals surface area (Å²) in [7, 11) is 1.86. The molecule has 1 aliphatic heterocycles. The third kappa shape index (κ3) is 4.05. The van der Waals surface area contributed by atoms with Gasteiger partial charge in [-0.05, 0) is 38.3 Å². The van der Waals surface area contributed by atoms with Gasteiger partial charge in [0.2, 0.25) is 5.91 Å². The molecule has 21 heavy (non-hydrogen) atoms. The molecule has 0 aliphatic carbocycles. The maximum Gasteiger partial charge on any atom is 0.236 e. The van der Waals surface area contributed by atoms with E-state index in [-0.39, 0.29) is 18.1 Å². The number of likely N-dealkylation sites (N-methyl/N-ethyl adjacent to an activating group) is 1. The summed E-state index contributed by atoms with van der Waals surface area (Å²) in [5.41, 5.74) is 1.15. The van der Waals surface area contributed by atoms with E-state index in [4.69, 9.17) is 0 Å². The maximum atomic E-state index is 12.4. The van der Waals surface area contributed by atoms with Crippen molar-refractivity contribution in [1.82, 2.24) is 9.80 Å². The van der Waals surface area contributed by atoms with Crippen LogP contribution >= 0.6 is 0 Å². The van der Waals surface area contributed by atoms with E-state index in [0.717, 1.165) is 25.1 Å². The van der Waals surface area contributed by atoms with Crippen LogP contribution in [-0.4, -0.2) is 53.6 Å². The molecule has 116 valence electrons. The van der Waals surface area contributed by atoms with Crippen LogP contribution in [0.5, 0.6) is 0 Å². The summed E-state index contributed by atoms with van der Waals surface area (Å²) in [5.74, 6) is 0.437. The molecule has 1 aromatic rings. The van der Waals surface area contributed by atoms with Gasteiger partial charge in [0.25, 0.3) is 0 Å². The van der Waals surface area contributed by atoms with Gasteiger partial charge in [0, 0.05) is 13.6 Å². The highest BCUT2D eigenvalue weighted by Crippen LogP contribution is 2.21. The molecule has 3 atom stereocenters. The SMILES string of the molecule is CC(O)C1CCN(CC(=O)N(C)C(C)c2ccccc2)C1. The number of likely N-dealkylation sites (tertiary alicyclic amines) is 1. The number of nitrogens with zero attached hydrogens (tertiary/aromatic N) is 2. The number of carbonyl (C=O) groups excluding carboxylic acids is 1. The van der Waals surface area contributed by atoms with Crippen LogP contribution in [0.25, 0.3) is 0 Å². The first-order valence-electron chi connectivity index (χ1n) is 7.70. The van der Waals surface area contributed by atoms with Crippen LogP contribution < -0.4 is 0 Å². The second-order valence-electron chi connectivity index (χ2n) is 6.12. The highest BCUT2D eigenvalue weighted by molar-refractivity contribution is 5.78. The van der Waals surface area contributed by atoms with Crippen molar-refractivity contribution in [2.75, 3.05) is 26.7 Å². The van der Waals surface area contributed by atoms with Crippen molar-refractivity contribution in [2.45, 2.75) is 32.4 Å². The second kappa shape index (κ2) is 7.05. The Labute approximate surface area is 127 Å². The molecule has 1 aromatic carbocycles. The first-order chi connectivity index (χ1) is 9.99. The number of hydrogen-bond acceptors (Lipinski definition) is 3. The molecule has 0 radical (unpaired) electrons. The van der Waals surface area contributed by atoms with Gasteiger partial charge in [-0.2, -0.15) is 0 Å². The first-order valence-corrected chi connectivity index (χ1v) is 7.70. The minimum absolute atomic E-state index is 0.0777. The van der Waals surface area contributed by atoms with Crippen molar-refractivity contribution in [3.8, 4) is 0 Å². The Kier molecular flexibility index (Phi) is 5.37. The molecule has 1 amide bonds. The fourth-order valence-corrected chi connectivity index (χ4v) is 2.87. The fourth-order valence-electron chi connectivity index (χ4n) is 2.87. The zero-order valence-corrected chi connectivity index (χ0v) is 13.2. The molecule has 1 N–H and O–H groups in total. The number of aliphatic hydroxyl groups excluding tert-OH is 1. The maximum absolute atomic E-state index is 12.4. The quantitative estimate of drug-likeness (QED) is 0.901. The molecule has 0 spiro atoms. The Morgan fingerprint density at radius 1 is 1.38 bits per heavy atom. The molecular weight excluding hydrogens is 264 g/mol. The predicted octanol–water partition coefficient (Wildman–Crippen LogP) is 1.91. The van der Waals surface area contributed by atoms with Crippen molar-refractivity contribution in [3.05, 3.63) is 35.9 Å². The van der Waals surface area contributed by atoms with E-state index in [0.29, 0.717) is 12.5 Å². The number of benzene rings is 1. The molecule has 1 fully saturated rings. The average Bonchev–Trinajstić information content (AvgIpc) is 2.95. The van der Waals surface area contributed by atoms with Crippen molar-refractivity contribution < 1.29 is 9.90 Å². The lowest BCUT2D eigenvalue weighted by molar-refractivity contribution is -0.132. The minimum atomic E-state index is -0.286. The van der Waals surface area contributed by atoms with Crippen molar-refractivity contribution in [1.29, 1.82) is 0 Å². The summed E-state index contributed by atoms with van der Waals surface area (Å²) in [6.07, 6.45) is 0.689. The van der Waals surface area contributed by atoms with Gasteiger partial charge < -0.3 is 10.0 Å². The van der Waals surface area contributed by atoms with Crippen LogP contribution in [0.2, 0.25) is 0 Å². The highest BCUT2D eigenvalue weighted by Gasteiger charge is 2.28. The Morgan fingerprint density at radius 3 is 2.62 bits per heavy atom. The molecule has 4 heteroatoms. The van der Waals surface area contributed by atoms with Crippen LogP contribution in [0.15, 0.2) is 30.3 Å². The Morgan fingerprint density at radius 2 is 2.05 bits per heavy atom. The summed E-state index contributed by atoms with van der Waals surface area (Å²) in [6.45, 7) is 6.04. The monoisotopic (exact) mass is 290 g/mol. The number of amides is 1. The lowest BCUT2D eigenvalue weighted by Crippen LogP contribution is -2.39. The highest BCUT2D eigenvalue weighted by atomic mass is 16.3. The van der Waals surface area contributed by atoms with E-state index >= 15 is 0 Å². The van der Waals surface area contributed by atoms with Crippen LogP contribution in [0, 0.1) is 5.92 Å². The third-order valence-electron chi connectivity index (χ3n) is 4.61. The molecule has 0 bridgehead atoms. The normalized spacial score (nSPS) is 22.0. The molecule has 3 unspecified atom stereocenters. The van der Waals surface area contributed by atoms with E-state index < -0.39 is 0 Å². The van der Waals surface area contributed by atoms with E-state index in [2.05, 4.69) is 11.8 Å². The standard InChI is InChI=1S/C17H26N2O2/c1-13(15-7-5-4-6-8-15)18(3)17(21)12-19-10-9-16(11-19)14(2)20/h4-8,13-14,16,20H,9-12H2,1-3H3. The van der Waals surface area contributed by atoms with Crippen molar-refractivity contribution in [2.24, 2.45) is 5.92 Å². The van der Waals surface area contributed by atoms with E-state index in [1.807, 2.05) is 49.2 Å². The van der Waals surface area contributed by atoms with Crippen LogP contribution in [0.3, 0.4) is 0 Å². The van der Waals surface area contributed by atoms with Gasteiger partial charge in [0.05, 0.1) is 18.7 Å². The topological polar surface area (TPSA) is 43.8 Å². The molecule has 1 saturated heterocycles. The van der Waals surface area contributed by atoms with Gasteiger partial charge in [-0.25, -0.2) is 0 Å². The lowest BCUT2D eigenvalue weighted by atomic mass is 10.0. The van der Waals surface area contributed by atoms with Gasteiger partial charge in [0.15, 0.2) is 0 Å². The zero-order chi connectivity index (χ0) is 15.4. The van der Waals surface area contributed by atoms with E-state index in [1.165, 1.54) is 0 Å². The summed E-state index contributed by atoms with van der Waals surface area (Å²) >= 11 is 0. The largest absolute Gasteiger partial charge is 0.393 e. The minimum Gasteiger partial charge on any atom is -0.393 e.